The Balaban J connectivity index is 1.92. The maximum Gasteiger partial charge on any atom is 0.128 e. The number of benzene rings is 2. The van der Waals surface area contributed by atoms with Gasteiger partial charge in [-0.2, -0.15) is 0 Å². The molecule has 1 aromatic heterocycles. The number of halogens is 1. The van der Waals surface area contributed by atoms with Crippen LogP contribution in [0.3, 0.4) is 0 Å². The summed E-state index contributed by atoms with van der Waals surface area (Å²) >= 11 is 0. The Labute approximate surface area is 123 Å². The van der Waals surface area contributed by atoms with E-state index in [1.165, 1.54) is 28.6 Å². The van der Waals surface area contributed by atoms with Gasteiger partial charge in [-0.1, -0.05) is 24.3 Å². The summed E-state index contributed by atoms with van der Waals surface area (Å²) in [4.78, 5) is 0. The van der Waals surface area contributed by atoms with Gasteiger partial charge in [0.1, 0.15) is 18.2 Å². The molecule has 0 spiro atoms. The third kappa shape index (κ3) is 2.64. The highest BCUT2D eigenvalue weighted by molar-refractivity contribution is 5.84. The highest BCUT2D eigenvalue weighted by atomic mass is 19.1. The van der Waals surface area contributed by atoms with Crippen LogP contribution in [0.4, 0.5) is 4.39 Å². The SMILES string of the molecule is CCn1c(COc2cccc(F)c2)cc2cccc(C)c21. The summed E-state index contributed by atoms with van der Waals surface area (Å²) in [7, 11) is 0. The number of aryl methyl sites for hydroxylation is 2. The third-order valence-electron chi connectivity index (χ3n) is 3.71. The number of para-hydroxylation sites is 1. The lowest BCUT2D eigenvalue weighted by molar-refractivity contribution is 0.294. The molecule has 3 aromatic rings. The van der Waals surface area contributed by atoms with Crippen LogP contribution in [-0.2, 0) is 13.2 Å². The van der Waals surface area contributed by atoms with Crippen LogP contribution in [0.25, 0.3) is 10.9 Å². The van der Waals surface area contributed by atoms with Crippen LogP contribution in [0.5, 0.6) is 5.75 Å². The van der Waals surface area contributed by atoms with Crippen LogP contribution in [0.1, 0.15) is 18.2 Å². The summed E-state index contributed by atoms with van der Waals surface area (Å²) in [6, 6.07) is 14.7. The van der Waals surface area contributed by atoms with Crippen molar-refractivity contribution < 1.29 is 9.13 Å². The van der Waals surface area contributed by atoms with E-state index in [9.17, 15) is 4.39 Å². The predicted octanol–water partition coefficient (Wildman–Crippen LogP) is 4.69. The molecule has 1 heterocycles. The van der Waals surface area contributed by atoms with Crippen molar-refractivity contribution in [1.82, 2.24) is 4.57 Å². The van der Waals surface area contributed by atoms with Gasteiger partial charge >= 0.3 is 0 Å². The van der Waals surface area contributed by atoms with E-state index in [1.807, 2.05) is 0 Å². The minimum atomic E-state index is -0.278. The molecule has 0 N–H and O–H groups in total. The first kappa shape index (κ1) is 13.7. The Morgan fingerprint density at radius 2 is 1.90 bits per heavy atom. The van der Waals surface area contributed by atoms with Crippen LogP contribution in [0, 0.1) is 12.7 Å². The molecule has 0 aliphatic rings. The zero-order valence-electron chi connectivity index (χ0n) is 12.3. The zero-order valence-corrected chi connectivity index (χ0v) is 12.3. The van der Waals surface area contributed by atoms with Gasteiger partial charge in [-0.05, 0) is 37.6 Å². The summed E-state index contributed by atoms with van der Waals surface area (Å²) in [5.74, 6) is 0.277. The topological polar surface area (TPSA) is 14.2 Å². The van der Waals surface area contributed by atoms with Crippen molar-refractivity contribution >= 4 is 10.9 Å². The fourth-order valence-corrected chi connectivity index (χ4v) is 2.76. The van der Waals surface area contributed by atoms with Gasteiger partial charge in [-0.3, -0.25) is 0 Å². The maximum absolute atomic E-state index is 13.2. The lowest BCUT2D eigenvalue weighted by Gasteiger charge is -2.11. The van der Waals surface area contributed by atoms with Crippen LogP contribution >= 0.6 is 0 Å². The number of hydrogen-bond acceptors (Lipinski definition) is 1. The van der Waals surface area contributed by atoms with Crippen molar-refractivity contribution in [2.45, 2.75) is 27.0 Å². The lowest BCUT2D eigenvalue weighted by Crippen LogP contribution is -2.05. The number of hydrogen-bond donors (Lipinski definition) is 0. The first-order chi connectivity index (χ1) is 10.2. The summed E-state index contributed by atoms with van der Waals surface area (Å²) < 4.78 is 21.2. The molecule has 2 nitrogen and oxygen atoms in total. The number of rotatable bonds is 4. The number of aromatic nitrogens is 1. The molecule has 0 saturated carbocycles. The number of fused-ring (bicyclic) bond motifs is 1. The zero-order chi connectivity index (χ0) is 14.8. The Kier molecular flexibility index (Phi) is 3.65. The van der Waals surface area contributed by atoms with Crippen LogP contribution in [0.2, 0.25) is 0 Å². The second kappa shape index (κ2) is 5.60. The summed E-state index contributed by atoms with van der Waals surface area (Å²) in [6.45, 7) is 5.56. The molecule has 0 unspecified atom stereocenters. The molecule has 2 aromatic carbocycles. The molecule has 0 saturated heterocycles. The minimum absolute atomic E-state index is 0.278. The van der Waals surface area contributed by atoms with Crippen molar-refractivity contribution in [1.29, 1.82) is 0 Å². The Morgan fingerprint density at radius 1 is 1.10 bits per heavy atom. The number of ether oxygens (including phenoxy) is 1. The average Bonchev–Trinajstić information content (AvgIpc) is 2.84. The van der Waals surface area contributed by atoms with E-state index in [0.29, 0.717) is 12.4 Å². The molecule has 0 aliphatic carbocycles. The van der Waals surface area contributed by atoms with Crippen molar-refractivity contribution in [3.63, 3.8) is 0 Å². The van der Waals surface area contributed by atoms with Crippen LogP contribution < -0.4 is 4.74 Å². The molecule has 0 atom stereocenters. The van der Waals surface area contributed by atoms with Gasteiger partial charge in [-0.15, -0.1) is 0 Å². The van der Waals surface area contributed by atoms with Crippen molar-refractivity contribution in [2.24, 2.45) is 0 Å². The summed E-state index contributed by atoms with van der Waals surface area (Å²) in [5, 5.41) is 1.22. The number of nitrogens with zero attached hydrogens (tertiary/aromatic N) is 1. The second-order valence-corrected chi connectivity index (χ2v) is 5.14. The van der Waals surface area contributed by atoms with Gasteiger partial charge in [0.15, 0.2) is 0 Å². The standard InChI is InChI=1S/C18H18FNO/c1-3-20-16(10-14-7-4-6-13(2)18(14)20)12-21-17-9-5-8-15(19)11-17/h4-11H,3,12H2,1-2H3. The van der Waals surface area contributed by atoms with Crippen LogP contribution in [0.15, 0.2) is 48.5 Å². The van der Waals surface area contributed by atoms with Crippen molar-refractivity contribution in [2.75, 3.05) is 0 Å². The minimum Gasteiger partial charge on any atom is -0.487 e. The van der Waals surface area contributed by atoms with Gasteiger partial charge in [0, 0.05) is 18.0 Å². The first-order valence-electron chi connectivity index (χ1n) is 7.15. The second-order valence-electron chi connectivity index (χ2n) is 5.14. The van der Waals surface area contributed by atoms with E-state index in [4.69, 9.17) is 4.74 Å². The van der Waals surface area contributed by atoms with Crippen molar-refractivity contribution in [3.05, 3.63) is 65.6 Å². The normalized spacial score (nSPS) is 11.0. The van der Waals surface area contributed by atoms with E-state index in [2.05, 4.69) is 42.7 Å². The summed E-state index contributed by atoms with van der Waals surface area (Å²) in [6.07, 6.45) is 0. The van der Waals surface area contributed by atoms with Gasteiger partial charge in [-0.25, -0.2) is 4.39 Å². The Bertz CT molecular complexity index is 776. The Morgan fingerprint density at radius 3 is 2.67 bits per heavy atom. The highest BCUT2D eigenvalue weighted by Gasteiger charge is 2.10. The van der Waals surface area contributed by atoms with Gasteiger partial charge < -0.3 is 9.30 Å². The lowest BCUT2D eigenvalue weighted by atomic mass is 10.2. The Hall–Kier alpha value is -2.29. The highest BCUT2D eigenvalue weighted by Crippen LogP contribution is 2.24. The molecule has 21 heavy (non-hydrogen) atoms. The van der Waals surface area contributed by atoms with Crippen LogP contribution in [-0.4, -0.2) is 4.57 Å². The fraction of sp³-hybridized carbons (Fsp3) is 0.222. The third-order valence-corrected chi connectivity index (χ3v) is 3.71. The monoisotopic (exact) mass is 283 g/mol. The van der Waals surface area contributed by atoms with Crippen molar-refractivity contribution in [3.8, 4) is 5.75 Å². The van der Waals surface area contributed by atoms with Gasteiger partial charge in [0.2, 0.25) is 0 Å². The molecule has 3 rings (SSSR count). The van der Waals surface area contributed by atoms with Gasteiger partial charge in [0.25, 0.3) is 0 Å². The molecule has 0 amide bonds. The van der Waals surface area contributed by atoms with E-state index in [-0.39, 0.29) is 5.82 Å². The quantitative estimate of drug-likeness (QED) is 0.677. The maximum atomic E-state index is 13.2. The van der Waals surface area contributed by atoms with Gasteiger partial charge in [0.05, 0.1) is 11.2 Å². The molecule has 3 heteroatoms. The smallest absolute Gasteiger partial charge is 0.128 e. The predicted molar refractivity (Wildman–Crippen MR) is 83.1 cm³/mol. The molecule has 108 valence electrons. The van der Waals surface area contributed by atoms with E-state index in [1.54, 1.807) is 12.1 Å². The largest absolute Gasteiger partial charge is 0.487 e. The first-order valence-corrected chi connectivity index (χ1v) is 7.15. The molecule has 0 bridgehead atoms. The van der Waals surface area contributed by atoms with E-state index in [0.717, 1.165) is 12.2 Å². The molecule has 0 aliphatic heterocycles. The average molecular weight is 283 g/mol. The molecule has 0 fully saturated rings. The summed E-state index contributed by atoms with van der Waals surface area (Å²) in [5.41, 5.74) is 3.61. The molecular weight excluding hydrogens is 265 g/mol. The van der Waals surface area contributed by atoms with E-state index >= 15 is 0 Å². The molecule has 0 radical (unpaired) electrons. The molecular formula is C18H18FNO. The fourth-order valence-electron chi connectivity index (χ4n) is 2.76. The van der Waals surface area contributed by atoms with E-state index < -0.39 is 0 Å².